The van der Waals surface area contributed by atoms with E-state index in [1.54, 1.807) is 0 Å². The van der Waals surface area contributed by atoms with E-state index in [4.69, 9.17) is 9.47 Å². The van der Waals surface area contributed by atoms with Crippen molar-refractivity contribution < 1.29 is 9.47 Å². The van der Waals surface area contributed by atoms with Gasteiger partial charge >= 0.3 is 0 Å². The number of rotatable bonds is 0. The van der Waals surface area contributed by atoms with Crippen molar-refractivity contribution in [3.05, 3.63) is 0 Å². The molecule has 2 atom stereocenters. The van der Waals surface area contributed by atoms with Gasteiger partial charge in [-0.3, -0.25) is 0 Å². The molecule has 0 amide bonds. The van der Waals surface area contributed by atoms with Crippen molar-refractivity contribution >= 4 is 0 Å². The molecule has 0 spiro atoms. The van der Waals surface area contributed by atoms with Crippen molar-refractivity contribution in [1.29, 1.82) is 0 Å². The highest BCUT2D eigenvalue weighted by Crippen LogP contribution is 2.12. The number of ether oxygens (including phenoxy) is 2. The molecule has 0 aromatic rings. The highest BCUT2D eigenvalue weighted by molar-refractivity contribution is 4.84. The van der Waals surface area contributed by atoms with Gasteiger partial charge in [0.05, 0.1) is 25.4 Å². The average molecular weight is 159 g/mol. The summed E-state index contributed by atoms with van der Waals surface area (Å²) >= 11 is 0. The molecule has 2 saturated heterocycles. The van der Waals surface area contributed by atoms with Gasteiger partial charge in [-0.05, 0) is 0 Å². The Hall–Kier alpha value is -0.120. The van der Waals surface area contributed by atoms with Gasteiger partial charge in [-0.15, -0.1) is 0 Å². The standard InChI is InChI=1S/C6H11NO2.C2H6/c1-2-9-6-4-7-3-5(6)8-1;1-2/h5-7H,1-4H2;1-2H3/t5-,6+;. The first kappa shape index (κ1) is 8.97. The Morgan fingerprint density at radius 3 is 1.91 bits per heavy atom. The summed E-state index contributed by atoms with van der Waals surface area (Å²) in [5, 5.41) is 3.21. The Kier molecular flexibility index (Phi) is 3.83. The summed E-state index contributed by atoms with van der Waals surface area (Å²) in [4.78, 5) is 0. The van der Waals surface area contributed by atoms with Crippen LogP contribution in [0.3, 0.4) is 0 Å². The van der Waals surface area contributed by atoms with Crippen LogP contribution in [0.15, 0.2) is 0 Å². The fourth-order valence-corrected chi connectivity index (χ4v) is 1.36. The van der Waals surface area contributed by atoms with E-state index < -0.39 is 0 Å². The van der Waals surface area contributed by atoms with Crippen LogP contribution in [0.1, 0.15) is 13.8 Å². The van der Waals surface area contributed by atoms with E-state index in [0.29, 0.717) is 12.2 Å². The van der Waals surface area contributed by atoms with Crippen molar-refractivity contribution in [2.45, 2.75) is 26.1 Å². The minimum absolute atomic E-state index is 0.332. The number of hydrogen-bond acceptors (Lipinski definition) is 3. The topological polar surface area (TPSA) is 30.5 Å². The van der Waals surface area contributed by atoms with Gasteiger partial charge in [0.15, 0.2) is 0 Å². The SMILES string of the molecule is C1CO[C@@H]2CNC[C@@H]2O1.CC. The predicted molar refractivity (Wildman–Crippen MR) is 43.7 cm³/mol. The van der Waals surface area contributed by atoms with Crippen LogP contribution in [0.5, 0.6) is 0 Å². The maximum Gasteiger partial charge on any atom is 0.0974 e. The summed E-state index contributed by atoms with van der Waals surface area (Å²) < 4.78 is 10.8. The predicted octanol–water partition coefficient (Wildman–Crippen LogP) is 0.400. The second-order valence-corrected chi connectivity index (χ2v) is 2.48. The Labute approximate surface area is 68.1 Å². The monoisotopic (exact) mass is 159 g/mol. The van der Waals surface area contributed by atoms with Crippen LogP contribution in [0.4, 0.5) is 0 Å². The molecule has 2 aliphatic heterocycles. The molecule has 0 aromatic carbocycles. The van der Waals surface area contributed by atoms with Gasteiger partial charge in [-0.2, -0.15) is 0 Å². The first-order chi connectivity index (χ1) is 5.47. The van der Waals surface area contributed by atoms with Gasteiger partial charge in [-0.1, -0.05) is 13.8 Å². The minimum atomic E-state index is 0.332. The van der Waals surface area contributed by atoms with Gasteiger partial charge in [-0.25, -0.2) is 0 Å². The fraction of sp³-hybridized carbons (Fsp3) is 1.00. The van der Waals surface area contributed by atoms with E-state index in [9.17, 15) is 0 Å². The molecule has 11 heavy (non-hydrogen) atoms. The highest BCUT2D eigenvalue weighted by atomic mass is 16.6. The first-order valence-corrected chi connectivity index (χ1v) is 4.41. The van der Waals surface area contributed by atoms with Crippen molar-refractivity contribution in [2.75, 3.05) is 26.3 Å². The van der Waals surface area contributed by atoms with Gasteiger partial charge in [0, 0.05) is 13.1 Å². The van der Waals surface area contributed by atoms with Gasteiger partial charge in [0.1, 0.15) is 0 Å². The Balaban J connectivity index is 0.000000281. The van der Waals surface area contributed by atoms with Crippen LogP contribution in [0, 0.1) is 0 Å². The number of fused-ring (bicyclic) bond motifs is 1. The second kappa shape index (κ2) is 4.70. The largest absolute Gasteiger partial charge is 0.372 e. The van der Waals surface area contributed by atoms with Gasteiger partial charge in [0.2, 0.25) is 0 Å². The third-order valence-electron chi connectivity index (χ3n) is 1.85. The first-order valence-electron chi connectivity index (χ1n) is 4.41. The van der Waals surface area contributed by atoms with Crippen LogP contribution in [0.2, 0.25) is 0 Å². The zero-order valence-corrected chi connectivity index (χ0v) is 7.30. The highest BCUT2D eigenvalue weighted by Gasteiger charge is 2.30. The summed E-state index contributed by atoms with van der Waals surface area (Å²) in [7, 11) is 0. The molecule has 66 valence electrons. The van der Waals surface area contributed by atoms with Crippen molar-refractivity contribution in [3.63, 3.8) is 0 Å². The van der Waals surface area contributed by atoms with Crippen LogP contribution in [0.25, 0.3) is 0 Å². The van der Waals surface area contributed by atoms with Crippen LogP contribution in [-0.2, 0) is 9.47 Å². The number of nitrogens with one attached hydrogen (secondary N) is 1. The summed E-state index contributed by atoms with van der Waals surface area (Å²) in [6.45, 7) is 7.46. The summed E-state index contributed by atoms with van der Waals surface area (Å²) in [5.74, 6) is 0. The molecule has 0 bridgehead atoms. The van der Waals surface area contributed by atoms with E-state index in [1.165, 1.54) is 0 Å². The average Bonchev–Trinajstić information content (AvgIpc) is 2.55. The van der Waals surface area contributed by atoms with Crippen LogP contribution in [-0.4, -0.2) is 38.5 Å². The molecular formula is C8H17NO2. The van der Waals surface area contributed by atoms with Crippen molar-refractivity contribution in [1.82, 2.24) is 5.32 Å². The van der Waals surface area contributed by atoms with Crippen LogP contribution < -0.4 is 5.32 Å². The smallest absolute Gasteiger partial charge is 0.0974 e. The Morgan fingerprint density at radius 2 is 1.45 bits per heavy atom. The third-order valence-corrected chi connectivity index (χ3v) is 1.85. The van der Waals surface area contributed by atoms with E-state index in [-0.39, 0.29) is 0 Å². The number of hydrogen-bond donors (Lipinski definition) is 1. The third kappa shape index (κ3) is 2.15. The molecule has 1 N–H and O–H groups in total. The van der Waals surface area contributed by atoms with E-state index in [0.717, 1.165) is 26.3 Å². The summed E-state index contributed by atoms with van der Waals surface area (Å²) in [6.07, 6.45) is 0.664. The van der Waals surface area contributed by atoms with Gasteiger partial charge in [0.25, 0.3) is 0 Å². The second-order valence-electron chi connectivity index (χ2n) is 2.48. The lowest BCUT2D eigenvalue weighted by molar-refractivity contribution is -0.116. The van der Waals surface area contributed by atoms with E-state index in [1.807, 2.05) is 13.8 Å². The maximum atomic E-state index is 5.41. The lowest BCUT2D eigenvalue weighted by atomic mass is 10.2. The lowest BCUT2D eigenvalue weighted by Gasteiger charge is -2.24. The molecule has 0 unspecified atom stereocenters. The Bertz CT molecular complexity index is 96.3. The molecule has 3 nitrogen and oxygen atoms in total. The van der Waals surface area contributed by atoms with Crippen LogP contribution >= 0.6 is 0 Å². The van der Waals surface area contributed by atoms with E-state index in [2.05, 4.69) is 5.32 Å². The molecule has 3 heteroatoms. The maximum absolute atomic E-state index is 5.41. The normalized spacial score (nSPS) is 35.5. The molecule has 2 rings (SSSR count). The molecule has 0 radical (unpaired) electrons. The zero-order valence-electron chi connectivity index (χ0n) is 7.30. The van der Waals surface area contributed by atoms with Crippen molar-refractivity contribution in [3.8, 4) is 0 Å². The Morgan fingerprint density at radius 1 is 1.00 bits per heavy atom. The molecule has 0 saturated carbocycles. The molecule has 0 aromatic heterocycles. The van der Waals surface area contributed by atoms with E-state index >= 15 is 0 Å². The quantitative estimate of drug-likeness (QED) is 0.555. The minimum Gasteiger partial charge on any atom is -0.372 e. The molecule has 2 fully saturated rings. The molecule has 2 aliphatic rings. The van der Waals surface area contributed by atoms with Gasteiger partial charge < -0.3 is 14.8 Å². The zero-order chi connectivity index (χ0) is 8.10. The summed E-state index contributed by atoms with van der Waals surface area (Å²) in [5.41, 5.74) is 0. The fourth-order valence-electron chi connectivity index (χ4n) is 1.36. The lowest BCUT2D eigenvalue weighted by Crippen LogP contribution is -2.36. The molecule has 2 heterocycles. The molecule has 0 aliphatic carbocycles. The molecular weight excluding hydrogens is 142 g/mol. The van der Waals surface area contributed by atoms with Crippen molar-refractivity contribution in [2.24, 2.45) is 0 Å². The summed E-state index contributed by atoms with van der Waals surface area (Å²) in [6, 6.07) is 0.